The Kier molecular flexibility index (Phi) is 6.46. The lowest BCUT2D eigenvalue weighted by atomic mass is 10.1. The van der Waals surface area contributed by atoms with Crippen LogP contribution in [0, 0.1) is 5.92 Å². The van der Waals surface area contributed by atoms with Crippen LogP contribution in [0.4, 0.5) is 10.5 Å². The molecule has 6 nitrogen and oxygen atoms in total. The lowest BCUT2D eigenvalue weighted by molar-refractivity contribution is -0.124. The fourth-order valence-corrected chi connectivity index (χ4v) is 2.75. The van der Waals surface area contributed by atoms with Gasteiger partial charge in [0.15, 0.2) is 0 Å². The molecule has 0 aliphatic carbocycles. The molecule has 1 aliphatic heterocycles. The van der Waals surface area contributed by atoms with Crippen molar-refractivity contribution in [1.82, 2.24) is 10.2 Å². The van der Waals surface area contributed by atoms with Gasteiger partial charge in [-0.1, -0.05) is 13.8 Å². The zero-order chi connectivity index (χ0) is 17.5. The lowest BCUT2D eigenvalue weighted by Gasteiger charge is -2.24. The van der Waals surface area contributed by atoms with E-state index in [9.17, 15) is 9.59 Å². The van der Waals surface area contributed by atoms with Crippen LogP contribution in [0.25, 0.3) is 0 Å². The molecule has 0 radical (unpaired) electrons. The number of carbonyl (C=O) groups is 2. The second kappa shape index (κ2) is 8.57. The van der Waals surface area contributed by atoms with Crippen LogP contribution >= 0.6 is 0 Å². The van der Waals surface area contributed by atoms with Gasteiger partial charge in [0.1, 0.15) is 11.8 Å². The van der Waals surface area contributed by atoms with Crippen LogP contribution in [-0.2, 0) is 4.79 Å². The van der Waals surface area contributed by atoms with Gasteiger partial charge in [-0.05, 0) is 49.4 Å². The number of urea groups is 1. The van der Waals surface area contributed by atoms with Crippen LogP contribution in [0.1, 0.15) is 33.1 Å². The van der Waals surface area contributed by atoms with Crippen LogP contribution < -0.4 is 15.4 Å². The number of likely N-dealkylation sites (tertiary alicyclic amines) is 1. The zero-order valence-electron chi connectivity index (χ0n) is 14.7. The predicted octanol–water partition coefficient (Wildman–Crippen LogP) is 2.85. The van der Waals surface area contributed by atoms with Crippen molar-refractivity contribution in [3.05, 3.63) is 24.3 Å². The minimum atomic E-state index is -0.379. The highest BCUT2D eigenvalue weighted by Gasteiger charge is 2.33. The van der Waals surface area contributed by atoms with Gasteiger partial charge in [0.05, 0.1) is 7.11 Å². The van der Waals surface area contributed by atoms with Crippen LogP contribution in [0.3, 0.4) is 0 Å². The molecule has 2 N–H and O–H groups in total. The largest absolute Gasteiger partial charge is 0.497 e. The van der Waals surface area contributed by atoms with Crippen LogP contribution in [-0.4, -0.2) is 43.1 Å². The number of benzene rings is 1. The molecule has 1 saturated heterocycles. The number of anilines is 1. The van der Waals surface area contributed by atoms with Crippen molar-refractivity contribution in [2.45, 2.75) is 39.2 Å². The molecule has 132 valence electrons. The van der Waals surface area contributed by atoms with Crippen molar-refractivity contribution in [2.24, 2.45) is 5.92 Å². The average Bonchev–Trinajstić information content (AvgIpc) is 3.05. The quantitative estimate of drug-likeness (QED) is 0.841. The predicted molar refractivity (Wildman–Crippen MR) is 94.2 cm³/mol. The summed E-state index contributed by atoms with van der Waals surface area (Å²) in [6.45, 7) is 5.50. The molecule has 1 aromatic carbocycles. The first-order chi connectivity index (χ1) is 11.5. The number of rotatable bonds is 6. The minimum absolute atomic E-state index is 0.0574. The molecule has 0 spiro atoms. The maximum Gasteiger partial charge on any atom is 0.322 e. The third-order valence-electron chi connectivity index (χ3n) is 4.18. The second-order valence-electron chi connectivity index (χ2n) is 6.48. The summed E-state index contributed by atoms with van der Waals surface area (Å²) in [6, 6.07) is 6.53. The second-order valence-corrected chi connectivity index (χ2v) is 6.48. The van der Waals surface area contributed by atoms with Crippen LogP contribution in [0.2, 0.25) is 0 Å². The van der Waals surface area contributed by atoms with Gasteiger partial charge < -0.3 is 20.3 Å². The summed E-state index contributed by atoms with van der Waals surface area (Å²) in [4.78, 5) is 26.4. The van der Waals surface area contributed by atoms with Crippen molar-refractivity contribution in [3.63, 3.8) is 0 Å². The first kappa shape index (κ1) is 18.1. The van der Waals surface area contributed by atoms with Gasteiger partial charge in [0.2, 0.25) is 5.91 Å². The topological polar surface area (TPSA) is 70.7 Å². The number of methoxy groups -OCH3 is 1. The molecule has 1 aliphatic rings. The summed E-state index contributed by atoms with van der Waals surface area (Å²) in [5.74, 6) is 1.22. The summed E-state index contributed by atoms with van der Waals surface area (Å²) < 4.78 is 5.10. The fourth-order valence-electron chi connectivity index (χ4n) is 2.75. The van der Waals surface area contributed by atoms with Crippen LogP contribution in [0.5, 0.6) is 5.75 Å². The molecule has 2 rings (SSSR count). The Labute approximate surface area is 143 Å². The number of carbonyl (C=O) groups excluding carboxylic acids is 2. The highest BCUT2D eigenvalue weighted by atomic mass is 16.5. The smallest absolute Gasteiger partial charge is 0.322 e. The highest BCUT2D eigenvalue weighted by molar-refractivity contribution is 5.94. The maximum absolute atomic E-state index is 12.5. The number of hydrogen-bond donors (Lipinski definition) is 2. The van der Waals surface area contributed by atoms with Gasteiger partial charge in [0.25, 0.3) is 0 Å². The van der Waals surface area contributed by atoms with Gasteiger partial charge in [-0.2, -0.15) is 0 Å². The molecule has 1 fully saturated rings. The van der Waals surface area contributed by atoms with E-state index in [1.165, 1.54) is 0 Å². The van der Waals surface area contributed by atoms with Gasteiger partial charge in [-0.15, -0.1) is 0 Å². The molecule has 0 saturated carbocycles. The van der Waals surface area contributed by atoms with Crippen molar-refractivity contribution < 1.29 is 14.3 Å². The van der Waals surface area contributed by atoms with E-state index in [0.717, 1.165) is 18.6 Å². The number of ether oxygens (including phenoxy) is 1. The first-order valence-electron chi connectivity index (χ1n) is 8.50. The van der Waals surface area contributed by atoms with E-state index in [1.54, 1.807) is 36.3 Å². The molecule has 0 aromatic heterocycles. The van der Waals surface area contributed by atoms with E-state index < -0.39 is 0 Å². The van der Waals surface area contributed by atoms with E-state index in [-0.39, 0.29) is 18.0 Å². The van der Waals surface area contributed by atoms with Crippen molar-refractivity contribution >= 4 is 17.6 Å². The van der Waals surface area contributed by atoms with Gasteiger partial charge >= 0.3 is 6.03 Å². The number of amides is 3. The Morgan fingerprint density at radius 2 is 2.00 bits per heavy atom. The standard InChI is InChI=1S/C18H27N3O3/c1-13(2)10-11-19-17(22)16-5-4-12-21(16)18(23)20-14-6-8-15(24-3)9-7-14/h6-9,13,16H,4-5,10-12H2,1-3H3,(H,19,22)(H,20,23). The van der Waals surface area contributed by atoms with Crippen molar-refractivity contribution in [2.75, 3.05) is 25.5 Å². The Balaban J connectivity index is 1.90. The summed E-state index contributed by atoms with van der Waals surface area (Å²) in [7, 11) is 1.60. The fraction of sp³-hybridized carbons (Fsp3) is 0.556. The van der Waals surface area contributed by atoms with Crippen molar-refractivity contribution in [3.8, 4) is 5.75 Å². The molecule has 6 heteroatoms. The maximum atomic E-state index is 12.5. The van der Waals surface area contributed by atoms with Crippen molar-refractivity contribution in [1.29, 1.82) is 0 Å². The molecular weight excluding hydrogens is 306 g/mol. The number of nitrogens with zero attached hydrogens (tertiary/aromatic N) is 1. The minimum Gasteiger partial charge on any atom is -0.497 e. The van der Waals surface area contributed by atoms with E-state index >= 15 is 0 Å². The number of nitrogens with one attached hydrogen (secondary N) is 2. The Morgan fingerprint density at radius 1 is 1.29 bits per heavy atom. The molecular formula is C18H27N3O3. The Morgan fingerprint density at radius 3 is 2.62 bits per heavy atom. The summed E-state index contributed by atoms with van der Waals surface area (Å²) in [6.07, 6.45) is 2.50. The highest BCUT2D eigenvalue weighted by Crippen LogP contribution is 2.20. The molecule has 3 amide bonds. The van der Waals surface area contributed by atoms with Gasteiger partial charge in [-0.3, -0.25) is 4.79 Å². The Hall–Kier alpha value is -2.24. The van der Waals surface area contributed by atoms with E-state index in [1.807, 2.05) is 0 Å². The third-order valence-corrected chi connectivity index (χ3v) is 4.18. The lowest BCUT2D eigenvalue weighted by Crippen LogP contribution is -2.47. The summed E-state index contributed by atoms with van der Waals surface area (Å²) >= 11 is 0. The van der Waals surface area contributed by atoms with E-state index in [4.69, 9.17) is 4.74 Å². The summed E-state index contributed by atoms with van der Waals surface area (Å²) in [5.41, 5.74) is 0.687. The SMILES string of the molecule is COc1ccc(NC(=O)N2CCCC2C(=O)NCCC(C)C)cc1. The zero-order valence-corrected chi connectivity index (χ0v) is 14.7. The molecule has 1 unspecified atom stereocenters. The molecule has 1 atom stereocenters. The molecule has 0 bridgehead atoms. The molecule has 24 heavy (non-hydrogen) atoms. The molecule has 1 aromatic rings. The van der Waals surface area contributed by atoms with Crippen LogP contribution in [0.15, 0.2) is 24.3 Å². The first-order valence-corrected chi connectivity index (χ1v) is 8.50. The monoisotopic (exact) mass is 333 g/mol. The number of hydrogen-bond acceptors (Lipinski definition) is 3. The summed E-state index contributed by atoms with van der Waals surface area (Å²) in [5, 5.41) is 5.79. The molecule has 1 heterocycles. The normalized spacial score (nSPS) is 17.0. The van der Waals surface area contributed by atoms with Gasteiger partial charge in [0, 0.05) is 18.8 Å². The average molecular weight is 333 g/mol. The van der Waals surface area contributed by atoms with E-state index in [2.05, 4.69) is 24.5 Å². The van der Waals surface area contributed by atoms with Gasteiger partial charge in [-0.25, -0.2) is 4.79 Å². The Bertz CT molecular complexity index is 557. The third kappa shape index (κ3) is 4.88. The van der Waals surface area contributed by atoms with E-state index in [0.29, 0.717) is 31.1 Å².